The van der Waals surface area contributed by atoms with Gasteiger partial charge < -0.3 is 14.6 Å². The van der Waals surface area contributed by atoms with Gasteiger partial charge in [0.2, 0.25) is 5.91 Å². The Morgan fingerprint density at radius 1 is 1.39 bits per heavy atom. The summed E-state index contributed by atoms with van der Waals surface area (Å²) in [7, 11) is 0. The molecule has 2 aromatic rings. The van der Waals surface area contributed by atoms with Crippen molar-refractivity contribution in [2.45, 2.75) is 42.8 Å². The molecule has 2 atom stereocenters. The van der Waals surface area contributed by atoms with Crippen LogP contribution in [0.15, 0.2) is 41.7 Å². The number of ether oxygens (including phenoxy) is 1. The van der Waals surface area contributed by atoms with Gasteiger partial charge in [0.15, 0.2) is 5.16 Å². The second-order valence-electron chi connectivity index (χ2n) is 7.02. The van der Waals surface area contributed by atoms with Crippen molar-refractivity contribution in [2.24, 2.45) is 0 Å². The Labute approximate surface area is 168 Å². The smallest absolute Gasteiger partial charge is 0.324 e. The predicted molar refractivity (Wildman–Crippen MR) is 107 cm³/mol. The van der Waals surface area contributed by atoms with E-state index < -0.39 is 5.25 Å². The fraction of sp³-hybridized carbons (Fsp3) is 0.450. The molecule has 8 heteroatoms. The van der Waals surface area contributed by atoms with Gasteiger partial charge in [-0.15, -0.1) is 0 Å². The molecule has 7 nitrogen and oxygen atoms in total. The van der Waals surface area contributed by atoms with Crippen molar-refractivity contribution in [3.05, 3.63) is 36.5 Å². The number of benzene rings is 1. The normalized spacial score (nSPS) is 20.4. The van der Waals surface area contributed by atoms with E-state index in [-0.39, 0.29) is 18.0 Å². The average molecular weight is 401 g/mol. The first-order valence-electron chi connectivity index (χ1n) is 9.62. The molecular formula is C20H24N4O3S. The summed E-state index contributed by atoms with van der Waals surface area (Å²) >= 11 is 1.39. The van der Waals surface area contributed by atoms with Gasteiger partial charge in [0, 0.05) is 19.7 Å². The topological polar surface area (TPSA) is 76.5 Å². The molecule has 2 unspecified atom stereocenters. The predicted octanol–water partition coefficient (Wildman–Crippen LogP) is 2.76. The highest BCUT2D eigenvalue weighted by atomic mass is 32.2. The molecule has 0 radical (unpaired) electrons. The number of nitrogens with zero attached hydrogens (tertiary/aromatic N) is 3. The quantitative estimate of drug-likeness (QED) is 0.755. The van der Waals surface area contributed by atoms with Gasteiger partial charge in [-0.25, -0.2) is 9.78 Å². The molecule has 2 fully saturated rings. The Balaban J connectivity index is 1.58. The second-order valence-corrected chi connectivity index (χ2v) is 8.33. The summed E-state index contributed by atoms with van der Waals surface area (Å²) in [4.78, 5) is 30.4. The maximum atomic E-state index is 12.7. The van der Waals surface area contributed by atoms with Crippen molar-refractivity contribution >= 4 is 23.7 Å². The van der Waals surface area contributed by atoms with E-state index in [0.717, 1.165) is 35.9 Å². The van der Waals surface area contributed by atoms with E-state index in [1.165, 1.54) is 16.7 Å². The van der Waals surface area contributed by atoms with Crippen LogP contribution in [0.2, 0.25) is 0 Å². The number of imide groups is 1. The lowest BCUT2D eigenvalue weighted by Crippen LogP contribution is -2.39. The van der Waals surface area contributed by atoms with Crippen LogP contribution < -0.4 is 5.32 Å². The van der Waals surface area contributed by atoms with Crippen molar-refractivity contribution < 1.29 is 14.3 Å². The molecule has 1 aromatic heterocycles. The standard InChI is InChI=1S/C20H24N4O3S/c1-14(18(25)23-10-9-21-19(23)26)28-20-22-12-17(15-6-3-2-4-7-15)24(20)13-16-8-5-11-27-16/h2-4,6-7,12,14,16H,5,8-11,13H2,1H3,(H,21,26). The molecule has 2 aliphatic rings. The summed E-state index contributed by atoms with van der Waals surface area (Å²) in [6.07, 6.45) is 4.11. The molecule has 1 aromatic carbocycles. The molecule has 0 bridgehead atoms. The van der Waals surface area contributed by atoms with Crippen molar-refractivity contribution in [2.75, 3.05) is 19.7 Å². The zero-order valence-corrected chi connectivity index (χ0v) is 16.7. The highest BCUT2D eigenvalue weighted by Gasteiger charge is 2.31. The highest BCUT2D eigenvalue weighted by molar-refractivity contribution is 8.00. The van der Waals surface area contributed by atoms with E-state index in [4.69, 9.17) is 4.74 Å². The van der Waals surface area contributed by atoms with Crippen LogP contribution in [0, 0.1) is 0 Å². The van der Waals surface area contributed by atoms with Crippen LogP contribution >= 0.6 is 11.8 Å². The van der Waals surface area contributed by atoms with Crippen LogP contribution in [0.1, 0.15) is 19.8 Å². The summed E-state index contributed by atoms with van der Waals surface area (Å²) < 4.78 is 7.98. The number of urea groups is 1. The lowest BCUT2D eigenvalue weighted by atomic mass is 10.1. The molecule has 148 valence electrons. The average Bonchev–Trinajstić information content (AvgIpc) is 3.45. The van der Waals surface area contributed by atoms with Crippen LogP contribution in [0.3, 0.4) is 0 Å². The lowest BCUT2D eigenvalue weighted by molar-refractivity contribution is -0.126. The van der Waals surface area contributed by atoms with E-state index in [1.807, 2.05) is 31.3 Å². The van der Waals surface area contributed by atoms with Gasteiger partial charge in [0.05, 0.1) is 29.8 Å². The summed E-state index contributed by atoms with van der Waals surface area (Å²) in [6.45, 7) is 4.25. The van der Waals surface area contributed by atoms with Gasteiger partial charge in [0.25, 0.3) is 0 Å². The van der Waals surface area contributed by atoms with Gasteiger partial charge in [0.1, 0.15) is 0 Å². The third-order valence-electron chi connectivity index (χ3n) is 5.05. The fourth-order valence-electron chi connectivity index (χ4n) is 3.57. The fourth-order valence-corrected chi connectivity index (χ4v) is 4.53. The maximum absolute atomic E-state index is 12.7. The Bertz CT molecular complexity index is 848. The van der Waals surface area contributed by atoms with Gasteiger partial charge in [-0.1, -0.05) is 42.1 Å². The number of hydrogen-bond donors (Lipinski definition) is 1. The SMILES string of the molecule is CC(Sc1ncc(-c2ccccc2)n1CC1CCCO1)C(=O)N1CCNC1=O. The molecule has 0 spiro atoms. The first-order chi connectivity index (χ1) is 13.6. The van der Waals surface area contributed by atoms with Gasteiger partial charge in [-0.3, -0.25) is 9.69 Å². The monoisotopic (exact) mass is 400 g/mol. The van der Waals surface area contributed by atoms with Crippen LogP contribution in [0.4, 0.5) is 4.79 Å². The van der Waals surface area contributed by atoms with Crippen LogP contribution in [0.5, 0.6) is 0 Å². The number of aromatic nitrogens is 2. The van der Waals surface area contributed by atoms with E-state index in [0.29, 0.717) is 19.6 Å². The van der Waals surface area contributed by atoms with Gasteiger partial charge in [-0.05, 0) is 25.3 Å². The van der Waals surface area contributed by atoms with Crippen LogP contribution in [-0.4, -0.2) is 57.4 Å². The molecule has 28 heavy (non-hydrogen) atoms. The lowest BCUT2D eigenvalue weighted by Gasteiger charge is -2.19. The number of imidazole rings is 1. The number of rotatable bonds is 6. The van der Waals surface area contributed by atoms with E-state index >= 15 is 0 Å². The first kappa shape index (κ1) is 19.0. The van der Waals surface area contributed by atoms with Crippen molar-refractivity contribution in [1.82, 2.24) is 19.8 Å². The largest absolute Gasteiger partial charge is 0.376 e. The van der Waals surface area contributed by atoms with E-state index in [9.17, 15) is 9.59 Å². The summed E-state index contributed by atoms with van der Waals surface area (Å²) in [5, 5.41) is 3.04. The number of carbonyl (C=O) groups excluding carboxylic acids is 2. The molecule has 2 aliphatic heterocycles. The zero-order valence-electron chi connectivity index (χ0n) is 15.8. The van der Waals surface area contributed by atoms with E-state index in [1.54, 1.807) is 0 Å². The van der Waals surface area contributed by atoms with Crippen LogP contribution in [0.25, 0.3) is 11.3 Å². The highest BCUT2D eigenvalue weighted by Crippen LogP contribution is 2.31. The van der Waals surface area contributed by atoms with Crippen molar-refractivity contribution in [3.8, 4) is 11.3 Å². The number of thioether (sulfide) groups is 1. The van der Waals surface area contributed by atoms with Crippen molar-refractivity contribution in [1.29, 1.82) is 0 Å². The summed E-state index contributed by atoms with van der Waals surface area (Å²) in [6, 6.07) is 9.79. The second kappa shape index (κ2) is 8.36. The molecule has 0 saturated carbocycles. The summed E-state index contributed by atoms with van der Waals surface area (Å²) in [5.41, 5.74) is 2.09. The molecule has 4 rings (SSSR count). The Hall–Kier alpha value is -2.32. The number of amides is 3. The zero-order chi connectivity index (χ0) is 19.5. The first-order valence-corrected chi connectivity index (χ1v) is 10.5. The molecular weight excluding hydrogens is 376 g/mol. The number of hydrogen-bond acceptors (Lipinski definition) is 5. The molecule has 3 amide bonds. The number of carbonyl (C=O) groups is 2. The third kappa shape index (κ3) is 3.93. The minimum atomic E-state index is -0.405. The Kier molecular flexibility index (Phi) is 5.68. The molecule has 1 N–H and O–H groups in total. The van der Waals surface area contributed by atoms with Gasteiger partial charge >= 0.3 is 6.03 Å². The number of nitrogens with one attached hydrogen (secondary N) is 1. The third-order valence-corrected chi connectivity index (χ3v) is 6.14. The molecule has 0 aliphatic carbocycles. The van der Waals surface area contributed by atoms with Crippen molar-refractivity contribution in [3.63, 3.8) is 0 Å². The van der Waals surface area contributed by atoms with E-state index in [2.05, 4.69) is 27.0 Å². The summed E-state index contributed by atoms with van der Waals surface area (Å²) in [5.74, 6) is -0.187. The minimum Gasteiger partial charge on any atom is -0.376 e. The Morgan fingerprint density at radius 2 is 2.21 bits per heavy atom. The molecule has 2 saturated heterocycles. The van der Waals surface area contributed by atoms with Gasteiger partial charge in [-0.2, -0.15) is 0 Å². The minimum absolute atomic E-state index is 0.159. The maximum Gasteiger partial charge on any atom is 0.324 e. The van der Waals surface area contributed by atoms with Crippen LogP contribution in [-0.2, 0) is 16.1 Å². The Morgan fingerprint density at radius 3 is 2.89 bits per heavy atom. The molecule has 3 heterocycles.